The topological polar surface area (TPSA) is 76.4 Å². The summed E-state index contributed by atoms with van der Waals surface area (Å²) in [5.74, 6) is 0.539. The molecule has 3 aromatic heterocycles. The van der Waals surface area contributed by atoms with Crippen molar-refractivity contribution in [1.82, 2.24) is 4.98 Å². The first-order chi connectivity index (χ1) is 16.0. The van der Waals surface area contributed by atoms with E-state index >= 15 is 0 Å². The first kappa shape index (κ1) is 22.5. The molecule has 1 atom stereocenters. The van der Waals surface area contributed by atoms with Crippen molar-refractivity contribution in [2.24, 2.45) is 0 Å². The molecule has 0 aliphatic heterocycles. The highest BCUT2D eigenvalue weighted by atomic mass is 32.1. The van der Waals surface area contributed by atoms with Crippen molar-refractivity contribution < 1.29 is 22.7 Å². The van der Waals surface area contributed by atoms with E-state index in [-0.39, 0.29) is 17.4 Å². The molecule has 2 N–H and O–H groups in total. The van der Waals surface area contributed by atoms with Crippen molar-refractivity contribution in [1.29, 1.82) is 0 Å². The number of carbonyl (C=O) groups excluding carboxylic acids is 1. The summed E-state index contributed by atoms with van der Waals surface area (Å²) >= 11 is 1.47. The lowest BCUT2D eigenvalue weighted by Gasteiger charge is -2.21. The Hall–Kier alpha value is -3.72. The second kappa shape index (κ2) is 10.3. The fraction of sp³-hybridized carbons (Fsp3) is 0.167. The zero-order valence-electron chi connectivity index (χ0n) is 17.6. The molecule has 0 radical (unpaired) electrons. The van der Waals surface area contributed by atoms with Gasteiger partial charge < -0.3 is 19.8 Å². The van der Waals surface area contributed by atoms with Crippen LogP contribution in [0.3, 0.4) is 0 Å². The van der Waals surface area contributed by atoms with Gasteiger partial charge in [-0.15, -0.1) is 11.3 Å². The first-order valence-corrected chi connectivity index (χ1v) is 11.0. The third-order valence-corrected chi connectivity index (χ3v) is 6.05. The second-order valence-electron chi connectivity index (χ2n) is 7.02. The number of hydrogen-bond donors (Lipinski definition) is 2. The van der Waals surface area contributed by atoms with Crippen LogP contribution in [0.1, 0.15) is 39.5 Å². The number of benzene rings is 1. The van der Waals surface area contributed by atoms with E-state index in [1.54, 1.807) is 30.5 Å². The van der Waals surface area contributed by atoms with Gasteiger partial charge in [0.1, 0.15) is 16.6 Å². The van der Waals surface area contributed by atoms with Crippen LogP contribution in [0.2, 0.25) is 0 Å². The maximum atomic E-state index is 12.7. The van der Waals surface area contributed by atoms with Gasteiger partial charge in [0.05, 0.1) is 12.3 Å². The normalized spacial score (nSPS) is 11.9. The van der Waals surface area contributed by atoms with Crippen molar-refractivity contribution in [2.75, 3.05) is 10.6 Å². The smallest absolute Gasteiger partial charge is 0.387 e. The molecule has 33 heavy (non-hydrogen) atoms. The highest BCUT2D eigenvalue weighted by Gasteiger charge is 2.23. The summed E-state index contributed by atoms with van der Waals surface area (Å²) in [6.07, 6.45) is 3.89. The Kier molecular flexibility index (Phi) is 6.99. The number of alkyl halides is 2. The van der Waals surface area contributed by atoms with Crippen molar-refractivity contribution >= 4 is 28.1 Å². The van der Waals surface area contributed by atoms with E-state index in [9.17, 15) is 13.6 Å². The van der Waals surface area contributed by atoms with Gasteiger partial charge in [-0.05, 0) is 54.4 Å². The minimum Gasteiger partial charge on any atom is -0.459 e. The van der Waals surface area contributed by atoms with Gasteiger partial charge in [-0.25, -0.2) is 4.98 Å². The fourth-order valence-electron chi connectivity index (χ4n) is 3.30. The van der Waals surface area contributed by atoms with Crippen LogP contribution in [0.15, 0.2) is 77.5 Å². The number of aromatic nitrogens is 1. The molecule has 1 unspecified atom stereocenters. The lowest BCUT2D eigenvalue weighted by atomic mass is 9.99. The number of anilines is 2. The molecule has 0 aliphatic rings. The Morgan fingerprint density at radius 1 is 1.15 bits per heavy atom. The quantitative estimate of drug-likeness (QED) is 0.299. The van der Waals surface area contributed by atoms with Gasteiger partial charge in [0, 0.05) is 16.6 Å². The summed E-state index contributed by atoms with van der Waals surface area (Å²) in [6, 6.07) is 16.7. The maximum absolute atomic E-state index is 12.7. The third-order valence-electron chi connectivity index (χ3n) is 4.84. The van der Waals surface area contributed by atoms with Crippen molar-refractivity contribution in [3.63, 3.8) is 0 Å². The van der Waals surface area contributed by atoms with E-state index < -0.39 is 12.7 Å². The zero-order valence-corrected chi connectivity index (χ0v) is 18.4. The van der Waals surface area contributed by atoms with Crippen molar-refractivity contribution in [3.05, 3.63) is 94.9 Å². The average molecular weight is 470 g/mol. The number of halogens is 2. The molecule has 0 aliphatic carbocycles. The van der Waals surface area contributed by atoms with Gasteiger partial charge in [-0.2, -0.15) is 8.78 Å². The Bertz CT molecular complexity index is 1180. The van der Waals surface area contributed by atoms with E-state index in [0.29, 0.717) is 10.8 Å². The lowest BCUT2D eigenvalue weighted by Crippen LogP contribution is -2.17. The number of amides is 1. The summed E-state index contributed by atoms with van der Waals surface area (Å²) < 4.78 is 34.8. The molecule has 0 bridgehead atoms. The van der Waals surface area contributed by atoms with Crippen LogP contribution in [0, 0.1) is 0 Å². The van der Waals surface area contributed by atoms with Crippen LogP contribution in [-0.4, -0.2) is 17.5 Å². The highest BCUT2D eigenvalue weighted by molar-refractivity contribution is 7.16. The number of nitrogens with zero attached hydrogens (tertiary/aromatic N) is 1. The predicted octanol–water partition coefficient (Wildman–Crippen LogP) is 6.35. The molecule has 3 heterocycles. The van der Waals surface area contributed by atoms with E-state index in [4.69, 9.17) is 4.42 Å². The molecule has 4 aromatic rings. The maximum Gasteiger partial charge on any atom is 0.387 e. The summed E-state index contributed by atoms with van der Waals surface area (Å²) in [6.45, 7) is -0.864. The van der Waals surface area contributed by atoms with Crippen molar-refractivity contribution in [2.45, 2.75) is 26.0 Å². The first-order valence-electron chi connectivity index (χ1n) is 10.2. The number of nitrogens with one attached hydrogen (secondary N) is 2. The Balaban J connectivity index is 1.72. The van der Waals surface area contributed by atoms with Crippen LogP contribution in [-0.2, 0) is 6.42 Å². The van der Waals surface area contributed by atoms with E-state index in [1.165, 1.54) is 29.7 Å². The van der Waals surface area contributed by atoms with E-state index in [2.05, 4.69) is 20.4 Å². The van der Waals surface area contributed by atoms with E-state index in [0.717, 1.165) is 22.4 Å². The number of rotatable bonds is 9. The predicted molar refractivity (Wildman–Crippen MR) is 123 cm³/mol. The number of carbonyl (C=O) groups is 1. The third kappa shape index (κ3) is 5.56. The summed E-state index contributed by atoms with van der Waals surface area (Å²) in [5.41, 5.74) is 1.61. The SMILES string of the molecule is CCc1cc(C(Nc2ccccn2)c2ccc(OC(F)F)cc2)c(NC(=O)c2ccco2)s1. The molecule has 6 nitrogen and oxygen atoms in total. The van der Waals surface area contributed by atoms with Crippen LogP contribution >= 0.6 is 11.3 Å². The summed E-state index contributed by atoms with van der Waals surface area (Å²) in [5, 5.41) is 6.99. The number of hydrogen-bond acceptors (Lipinski definition) is 6. The number of aryl methyl sites for hydroxylation is 1. The molecular weight excluding hydrogens is 448 g/mol. The number of thiophene rings is 1. The van der Waals surface area contributed by atoms with Gasteiger partial charge >= 0.3 is 6.61 Å². The fourth-order valence-corrected chi connectivity index (χ4v) is 4.33. The Morgan fingerprint density at radius 2 is 1.97 bits per heavy atom. The molecule has 0 saturated carbocycles. The molecule has 0 saturated heterocycles. The number of pyridine rings is 1. The molecule has 1 amide bonds. The van der Waals surface area contributed by atoms with Crippen LogP contribution in [0.25, 0.3) is 0 Å². The standard InChI is InChI=1S/C24H21F2N3O3S/c1-2-17-14-18(23(33-17)29-22(30)19-6-5-13-31-19)21(28-20-7-3-4-12-27-20)15-8-10-16(11-9-15)32-24(25)26/h3-14,21,24H,2H2,1H3,(H,27,28)(H,29,30). The van der Waals surface area contributed by atoms with Gasteiger partial charge in [0.25, 0.3) is 5.91 Å². The molecule has 4 rings (SSSR count). The van der Waals surface area contributed by atoms with Gasteiger partial charge in [-0.1, -0.05) is 25.1 Å². The van der Waals surface area contributed by atoms with Crippen LogP contribution in [0.4, 0.5) is 19.6 Å². The van der Waals surface area contributed by atoms with Crippen LogP contribution in [0.5, 0.6) is 5.75 Å². The molecule has 0 spiro atoms. The summed E-state index contributed by atoms with van der Waals surface area (Å²) in [4.78, 5) is 18.1. The Morgan fingerprint density at radius 3 is 2.61 bits per heavy atom. The average Bonchev–Trinajstić information content (AvgIpc) is 3.49. The molecule has 170 valence electrons. The van der Waals surface area contributed by atoms with Gasteiger partial charge in [0.2, 0.25) is 0 Å². The summed E-state index contributed by atoms with van der Waals surface area (Å²) in [7, 11) is 0. The highest BCUT2D eigenvalue weighted by Crippen LogP contribution is 2.38. The van der Waals surface area contributed by atoms with Gasteiger partial charge in [-0.3, -0.25) is 4.79 Å². The molecule has 9 heteroatoms. The Labute approximate surface area is 193 Å². The minimum absolute atomic E-state index is 0.0660. The minimum atomic E-state index is -2.90. The largest absolute Gasteiger partial charge is 0.459 e. The van der Waals surface area contributed by atoms with Crippen molar-refractivity contribution in [3.8, 4) is 5.75 Å². The van der Waals surface area contributed by atoms with Crippen LogP contribution < -0.4 is 15.4 Å². The zero-order chi connectivity index (χ0) is 23.2. The number of ether oxygens (including phenoxy) is 1. The second-order valence-corrected chi connectivity index (χ2v) is 8.16. The van der Waals surface area contributed by atoms with Gasteiger partial charge in [0.15, 0.2) is 5.76 Å². The number of furan rings is 1. The molecule has 1 aromatic carbocycles. The van der Waals surface area contributed by atoms with E-state index in [1.807, 2.05) is 31.2 Å². The molecule has 0 fully saturated rings. The monoisotopic (exact) mass is 469 g/mol. The lowest BCUT2D eigenvalue weighted by molar-refractivity contribution is -0.0498. The molecular formula is C24H21F2N3O3S.